The number of halogens is 1. The largest absolute Gasteiger partial charge is 0.342 e. The summed E-state index contributed by atoms with van der Waals surface area (Å²) in [7, 11) is 0. The van der Waals surface area contributed by atoms with Gasteiger partial charge >= 0.3 is 0 Å². The minimum Gasteiger partial charge on any atom is -0.342 e. The van der Waals surface area contributed by atoms with Gasteiger partial charge in [-0.25, -0.2) is 0 Å². The van der Waals surface area contributed by atoms with Crippen molar-refractivity contribution in [3.05, 3.63) is 29.3 Å². The van der Waals surface area contributed by atoms with Gasteiger partial charge < -0.3 is 9.47 Å². The molecule has 134 valence electrons. The molecule has 0 bridgehead atoms. The monoisotopic (exact) mass is 378 g/mol. The molecule has 0 radical (unpaired) electrons. The minimum absolute atomic E-state index is 0.161. The average Bonchev–Trinajstić information content (AvgIpc) is 3.05. The second-order valence-corrected chi connectivity index (χ2v) is 7.95. The van der Waals surface area contributed by atoms with E-state index >= 15 is 0 Å². The SMILES string of the molecule is CCn1c(S[C@H](C)C(=O)N2CCCCC2)nnc1-c1ccc(Cl)cc1. The third-order valence-electron chi connectivity index (χ3n) is 4.43. The first-order valence-electron chi connectivity index (χ1n) is 8.74. The molecular formula is C18H23ClN4OS. The highest BCUT2D eigenvalue weighted by Gasteiger charge is 2.25. The third kappa shape index (κ3) is 4.18. The van der Waals surface area contributed by atoms with Gasteiger partial charge in [0.15, 0.2) is 11.0 Å². The summed E-state index contributed by atoms with van der Waals surface area (Å²) in [6.07, 6.45) is 3.43. The molecule has 2 heterocycles. The van der Waals surface area contributed by atoms with Crippen molar-refractivity contribution in [2.45, 2.75) is 50.1 Å². The Balaban J connectivity index is 1.76. The summed E-state index contributed by atoms with van der Waals surface area (Å²) in [5, 5.41) is 9.98. The van der Waals surface area contributed by atoms with Crippen LogP contribution in [0.25, 0.3) is 11.4 Å². The summed E-state index contributed by atoms with van der Waals surface area (Å²) >= 11 is 7.45. The number of likely N-dealkylation sites (tertiary alicyclic amines) is 1. The van der Waals surface area contributed by atoms with Gasteiger partial charge in [0.2, 0.25) is 5.91 Å². The number of aromatic nitrogens is 3. The van der Waals surface area contributed by atoms with E-state index in [9.17, 15) is 4.79 Å². The van der Waals surface area contributed by atoms with E-state index < -0.39 is 0 Å². The fraction of sp³-hybridized carbons (Fsp3) is 0.500. The number of hydrogen-bond acceptors (Lipinski definition) is 4. The van der Waals surface area contributed by atoms with E-state index in [0.717, 1.165) is 49.0 Å². The van der Waals surface area contributed by atoms with Crippen LogP contribution in [0.1, 0.15) is 33.1 Å². The van der Waals surface area contributed by atoms with Crippen LogP contribution in [0.3, 0.4) is 0 Å². The standard InChI is InChI=1S/C18H23ClN4OS/c1-3-23-16(14-7-9-15(19)10-8-14)20-21-18(23)25-13(2)17(24)22-11-5-4-6-12-22/h7-10,13H,3-6,11-12H2,1-2H3/t13-/m1/s1. The summed E-state index contributed by atoms with van der Waals surface area (Å²) in [6, 6.07) is 7.58. The highest BCUT2D eigenvalue weighted by atomic mass is 35.5. The zero-order valence-corrected chi connectivity index (χ0v) is 16.2. The maximum absolute atomic E-state index is 12.6. The molecule has 1 aliphatic heterocycles. The highest BCUT2D eigenvalue weighted by molar-refractivity contribution is 8.00. The Morgan fingerprint density at radius 1 is 1.20 bits per heavy atom. The number of carbonyl (C=O) groups excluding carboxylic acids is 1. The van der Waals surface area contributed by atoms with Gasteiger partial charge in [0.1, 0.15) is 0 Å². The summed E-state index contributed by atoms with van der Waals surface area (Å²) < 4.78 is 2.05. The number of benzene rings is 1. The molecule has 0 saturated carbocycles. The average molecular weight is 379 g/mol. The molecule has 3 rings (SSSR count). The first-order valence-corrected chi connectivity index (χ1v) is 10.0. The lowest BCUT2D eigenvalue weighted by Gasteiger charge is -2.28. The molecule has 1 saturated heterocycles. The molecule has 0 N–H and O–H groups in total. The zero-order valence-electron chi connectivity index (χ0n) is 14.6. The van der Waals surface area contributed by atoms with Crippen molar-refractivity contribution in [1.29, 1.82) is 0 Å². The maximum atomic E-state index is 12.6. The van der Waals surface area contributed by atoms with Crippen LogP contribution in [0.2, 0.25) is 5.02 Å². The summed E-state index contributed by atoms with van der Waals surface area (Å²) in [4.78, 5) is 14.6. The Bertz CT molecular complexity index is 725. The van der Waals surface area contributed by atoms with Gasteiger partial charge in [-0.1, -0.05) is 23.4 Å². The van der Waals surface area contributed by atoms with Crippen molar-refractivity contribution < 1.29 is 4.79 Å². The van der Waals surface area contributed by atoms with Crippen LogP contribution < -0.4 is 0 Å². The van der Waals surface area contributed by atoms with Crippen LogP contribution in [0.5, 0.6) is 0 Å². The number of piperidine rings is 1. The molecule has 0 spiro atoms. The number of amides is 1. The zero-order chi connectivity index (χ0) is 17.8. The van der Waals surface area contributed by atoms with Gasteiger partial charge in [0, 0.05) is 30.2 Å². The lowest BCUT2D eigenvalue weighted by Crippen LogP contribution is -2.40. The second-order valence-electron chi connectivity index (χ2n) is 6.20. The van der Waals surface area contributed by atoms with Gasteiger partial charge in [-0.05, 0) is 57.4 Å². The van der Waals surface area contributed by atoms with Crippen LogP contribution in [0.4, 0.5) is 0 Å². The number of hydrogen-bond donors (Lipinski definition) is 0. The van der Waals surface area contributed by atoms with E-state index in [1.807, 2.05) is 40.7 Å². The van der Waals surface area contributed by atoms with Gasteiger partial charge in [-0.2, -0.15) is 0 Å². The van der Waals surface area contributed by atoms with Crippen LogP contribution in [-0.4, -0.2) is 43.9 Å². The second kappa shape index (κ2) is 8.23. The van der Waals surface area contributed by atoms with Gasteiger partial charge in [0.25, 0.3) is 0 Å². The number of rotatable bonds is 5. The van der Waals surface area contributed by atoms with Crippen LogP contribution in [-0.2, 0) is 11.3 Å². The van der Waals surface area contributed by atoms with Gasteiger partial charge in [-0.3, -0.25) is 4.79 Å². The van der Waals surface area contributed by atoms with E-state index in [0.29, 0.717) is 5.02 Å². The quantitative estimate of drug-likeness (QED) is 0.734. The molecule has 1 aromatic heterocycles. The Morgan fingerprint density at radius 3 is 2.52 bits per heavy atom. The minimum atomic E-state index is -0.161. The third-order valence-corrected chi connectivity index (χ3v) is 5.75. The van der Waals surface area contributed by atoms with E-state index in [4.69, 9.17) is 11.6 Å². The first-order chi connectivity index (χ1) is 12.1. The van der Waals surface area contributed by atoms with Crippen molar-refractivity contribution in [3.8, 4) is 11.4 Å². The molecule has 5 nitrogen and oxygen atoms in total. The fourth-order valence-corrected chi connectivity index (χ4v) is 4.18. The normalized spacial score (nSPS) is 16.0. The number of thioether (sulfide) groups is 1. The molecule has 1 atom stereocenters. The lowest BCUT2D eigenvalue weighted by atomic mass is 10.1. The van der Waals surface area contributed by atoms with E-state index in [1.165, 1.54) is 18.2 Å². The molecule has 1 amide bonds. The van der Waals surface area contributed by atoms with Crippen molar-refractivity contribution in [2.75, 3.05) is 13.1 Å². The summed E-state index contributed by atoms with van der Waals surface area (Å²) in [5.41, 5.74) is 0.973. The van der Waals surface area contributed by atoms with E-state index in [-0.39, 0.29) is 11.2 Å². The predicted octanol–water partition coefficient (Wildman–Crippen LogP) is 4.11. The molecule has 1 aromatic carbocycles. The van der Waals surface area contributed by atoms with Crippen molar-refractivity contribution in [2.24, 2.45) is 0 Å². The molecule has 2 aromatic rings. The lowest BCUT2D eigenvalue weighted by molar-refractivity contribution is -0.131. The molecule has 0 aliphatic carbocycles. The van der Waals surface area contributed by atoms with Gasteiger partial charge in [-0.15, -0.1) is 10.2 Å². The molecule has 7 heteroatoms. The molecule has 0 unspecified atom stereocenters. The van der Waals surface area contributed by atoms with Crippen molar-refractivity contribution >= 4 is 29.3 Å². The Kier molecular flexibility index (Phi) is 6.02. The first kappa shape index (κ1) is 18.3. The Hall–Kier alpha value is -1.53. The summed E-state index contributed by atoms with van der Waals surface area (Å²) in [6.45, 7) is 6.51. The number of carbonyl (C=O) groups is 1. The van der Waals surface area contributed by atoms with Crippen molar-refractivity contribution in [1.82, 2.24) is 19.7 Å². The fourth-order valence-electron chi connectivity index (χ4n) is 3.05. The number of nitrogens with zero attached hydrogens (tertiary/aromatic N) is 4. The van der Waals surface area contributed by atoms with E-state index in [1.54, 1.807) is 0 Å². The smallest absolute Gasteiger partial charge is 0.235 e. The highest BCUT2D eigenvalue weighted by Crippen LogP contribution is 2.28. The van der Waals surface area contributed by atoms with Crippen molar-refractivity contribution in [3.63, 3.8) is 0 Å². The van der Waals surface area contributed by atoms with Crippen LogP contribution in [0, 0.1) is 0 Å². The predicted molar refractivity (Wildman–Crippen MR) is 102 cm³/mol. The maximum Gasteiger partial charge on any atom is 0.235 e. The molecule has 1 aliphatic rings. The molecular weight excluding hydrogens is 356 g/mol. The Labute approximate surface area is 157 Å². The van der Waals surface area contributed by atoms with Crippen LogP contribution >= 0.6 is 23.4 Å². The molecule has 25 heavy (non-hydrogen) atoms. The van der Waals surface area contributed by atoms with E-state index in [2.05, 4.69) is 17.1 Å². The van der Waals surface area contributed by atoms with Crippen LogP contribution in [0.15, 0.2) is 29.4 Å². The Morgan fingerprint density at radius 2 is 1.88 bits per heavy atom. The summed E-state index contributed by atoms with van der Waals surface area (Å²) in [5.74, 6) is 1.00. The van der Waals surface area contributed by atoms with Gasteiger partial charge in [0.05, 0.1) is 5.25 Å². The molecule has 1 fully saturated rings. The topological polar surface area (TPSA) is 51.0 Å².